The second-order valence-corrected chi connectivity index (χ2v) is 4.82. The van der Waals surface area contributed by atoms with E-state index in [2.05, 4.69) is 5.32 Å². The van der Waals surface area contributed by atoms with Crippen LogP contribution in [-0.4, -0.2) is 32.3 Å². The Morgan fingerprint density at radius 2 is 2.05 bits per heavy atom. The van der Waals surface area contributed by atoms with Crippen LogP contribution in [0.4, 0.5) is 14.5 Å². The van der Waals surface area contributed by atoms with Crippen LogP contribution in [0.1, 0.15) is 19.4 Å². The average Bonchev–Trinajstić information content (AvgIpc) is 2.35. The van der Waals surface area contributed by atoms with Crippen molar-refractivity contribution in [1.29, 1.82) is 0 Å². The van der Waals surface area contributed by atoms with Gasteiger partial charge in [-0.2, -0.15) is 0 Å². The zero-order chi connectivity index (χ0) is 13.8. The molecule has 1 unspecified atom stereocenters. The first-order valence-electron chi connectivity index (χ1n) is 6.67. The van der Waals surface area contributed by atoms with Gasteiger partial charge in [-0.15, -0.1) is 0 Å². The molecule has 1 heterocycles. The van der Waals surface area contributed by atoms with E-state index in [1.54, 1.807) is 4.90 Å². The predicted molar refractivity (Wildman–Crippen MR) is 71.4 cm³/mol. The molecule has 5 heteroatoms. The standard InChI is InChI=1S/C14H20F2N2O/c1-3-17-8-11-6-12(15)14(13(16)7-11)18-4-5-19-10(2)9-18/h6-7,10,17H,3-5,8-9H2,1-2H3. The number of halogens is 2. The molecule has 0 amide bonds. The molecule has 0 bridgehead atoms. The van der Waals surface area contributed by atoms with Gasteiger partial charge in [0.15, 0.2) is 0 Å². The first kappa shape index (κ1) is 14.2. The molecule has 1 aliphatic heterocycles. The Bertz CT molecular complexity index is 416. The van der Waals surface area contributed by atoms with Crippen LogP contribution < -0.4 is 10.2 Å². The second-order valence-electron chi connectivity index (χ2n) is 4.82. The third-order valence-electron chi connectivity index (χ3n) is 3.21. The van der Waals surface area contributed by atoms with E-state index in [9.17, 15) is 8.78 Å². The normalized spacial score (nSPS) is 19.8. The maximum absolute atomic E-state index is 14.1. The van der Waals surface area contributed by atoms with Gasteiger partial charge in [0.25, 0.3) is 0 Å². The van der Waals surface area contributed by atoms with Gasteiger partial charge in [0.05, 0.1) is 12.7 Å². The average molecular weight is 270 g/mol. The summed E-state index contributed by atoms with van der Waals surface area (Å²) in [6, 6.07) is 2.81. The van der Waals surface area contributed by atoms with E-state index in [0.717, 1.165) is 6.54 Å². The van der Waals surface area contributed by atoms with Crippen LogP contribution in [0, 0.1) is 11.6 Å². The summed E-state index contributed by atoms with van der Waals surface area (Å²) in [4.78, 5) is 1.72. The molecule has 0 aromatic heterocycles. The van der Waals surface area contributed by atoms with Crippen LogP contribution in [0.5, 0.6) is 0 Å². The molecule has 3 nitrogen and oxygen atoms in total. The molecule has 1 N–H and O–H groups in total. The van der Waals surface area contributed by atoms with Gasteiger partial charge in [-0.25, -0.2) is 8.78 Å². The summed E-state index contributed by atoms with van der Waals surface area (Å²) in [5, 5.41) is 3.06. The Morgan fingerprint density at radius 3 is 2.63 bits per heavy atom. The third kappa shape index (κ3) is 3.42. The van der Waals surface area contributed by atoms with Gasteiger partial charge in [-0.1, -0.05) is 6.92 Å². The molecule has 1 fully saturated rings. The first-order valence-corrected chi connectivity index (χ1v) is 6.67. The van der Waals surface area contributed by atoms with E-state index in [1.807, 2.05) is 13.8 Å². The van der Waals surface area contributed by atoms with Crippen molar-refractivity contribution in [3.63, 3.8) is 0 Å². The fourth-order valence-electron chi connectivity index (χ4n) is 2.31. The highest BCUT2D eigenvalue weighted by Gasteiger charge is 2.23. The molecule has 106 valence electrons. The molecular weight excluding hydrogens is 250 g/mol. The van der Waals surface area contributed by atoms with Crippen LogP contribution in [0.2, 0.25) is 0 Å². The smallest absolute Gasteiger partial charge is 0.149 e. The van der Waals surface area contributed by atoms with Crippen molar-refractivity contribution in [3.8, 4) is 0 Å². The number of rotatable bonds is 4. The number of nitrogens with zero attached hydrogens (tertiary/aromatic N) is 1. The summed E-state index contributed by atoms with van der Waals surface area (Å²) in [6.07, 6.45) is -0.00557. The molecule has 0 spiro atoms. The number of benzene rings is 1. The van der Waals surface area contributed by atoms with Gasteiger partial charge in [-0.05, 0) is 31.2 Å². The quantitative estimate of drug-likeness (QED) is 0.908. The van der Waals surface area contributed by atoms with Crippen molar-refractivity contribution in [3.05, 3.63) is 29.3 Å². The molecule has 19 heavy (non-hydrogen) atoms. The number of hydrogen-bond acceptors (Lipinski definition) is 3. The van der Waals surface area contributed by atoms with Crippen LogP contribution >= 0.6 is 0 Å². The molecule has 1 aliphatic rings. The van der Waals surface area contributed by atoms with Crippen molar-refractivity contribution in [2.24, 2.45) is 0 Å². The van der Waals surface area contributed by atoms with Crippen molar-refractivity contribution in [2.75, 3.05) is 31.1 Å². The maximum Gasteiger partial charge on any atom is 0.149 e. The van der Waals surface area contributed by atoms with E-state index in [4.69, 9.17) is 4.74 Å². The molecule has 1 saturated heterocycles. The van der Waals surface area contributed by atoms with Gasteiger partial charge in [0.1, 0.15) is 17.3 Å². The highest BCUT2D eigenvalue weighted by atomic mass is 19.1. The molecule has 0 saturated carbocycles. The van der Waals surface area contributed by atoms with Crippen LogP contribution in [0.15, 0.2) is 12.1 Å². The van der Waals surface area contributed by atoms with E-state index in [1.165, 1.54) is 12.1 Å². The van der Waals surface area contributed by atoms with Gasteiger partial charge < -0.3 is 15.0 Å². The summed E-state index contributed by atoms with van der Waals surface area (Å²) in [6.45, 7) is 6.64. The third-order valence-corrected chi connectivity index (χ3v) is 3.21. The first-order chi connectivity index (χ1) is 9.11. The van der Waals surface area contributed by atoms with Crippen LogP contribution in [0.25, 0.3) is 0 Å². The molecule has 1 aromatic rings. The Morgan fingerprint density at radius 1 is 1.37 bits per heavy atom. The summed E-state index contributed by atoms with van der Waals surface area (Å²) in [7, 11) is 0. The fraction of sp³-hybridized carbons (Fsp3) is 0.571. The number of morpholine rings is 1. The minimum atomic E-state index is -0.498. The second kappa shape index (κ2) is 6.30. The lowest BCUT2D eigenvalue weighted by atomic mass is 10.1. The topological polar surface area (TPSA) is 24.5 Å². The van der Waals surface area contributed by atoms with Gasteiger partial charge in [-0.3, -0.25) is 0 Å². The summed E-state index contributed by atoms with van der Waals surface area (Å²) in [5.41, 5.74) is 0.692. The lowest BCUT2D eigenvalue weighted by molar-refractivity contribution is 0.0527. The Hall–Kier alpha value is -1.20. The number of ether oxygens (including phenoxy) is 1. The van der Waals surface area contributed by atoms with Crippen molar-refractivity contribution in [2.45, 2.75) is 26.5 Å². The predicted octanol–water partition coefficient (Wildman–Crippen LogP) is 2.30. The SMILES string of the molecule is CCNCc1cc(F)c(N2CCOC(C)C2)c(F)c1. The highest BCUT2D eigenvalue weighted by Crippen LogP contribution is 2.26. The molecular formula is C14H20F2N2O. The molecule has 1 aromatic carbocycles. The zero-order valence-electron chi connectivity index (χ0n) is 11.4. The van der Waals surface area contributed by atoms with E-state index >= 15 is 0 Å². The lowest BCUT2D eigenvalue weighted by Crippen LogP contribution is -2.42. The largest absolute Gasteiger partial charge is 0.375 e. The minimum absolute atomic E-state index is 0.00557. The van der Waals surface area contributed by atoms with Gasteiger partial charge >= 0.3 is 0 Å². The van der Waals surface area contributed by atoms with Crippen molar-refractivity contribution >= 4 is 5.69 Å². The minimum Gasteiger partial charge on any atom is -0.375 e. The van der Waals surface area contributed by atoms with Crippen LogP contribution in [-0.2, 0) is 11.3 Å². The Kier molecular flexibility index (Phi) is 4.71. The van der Waals surface area contributed by atoms with E-state index in [0.29, 0.717) is 31.8 Å². The van der Waals surface area contributed by atoms with Gasteiger partial charge in [0.2, 0.25) is 0 Å². The molecule has 0 aliphatic carbocycles. The van der Waals surface area contributed by atoms with Crippen LogP contribution in [0.3, 0.4) is 0 Å². The van der Waals surface area contributed by atoms with E-state index in [-0.39, 0.29) is 11.8 Å². The van der Waals surface area contributed by atoms with Crippen molar-refractivity contribution < 1.29 is 13.5 Å². The summed E-state index contributed by atoms with van der Waals surface area (Å²) < 4.78 is 33.6. The maximum atomic E-state index is 14.1. The van der Waals surface area contributed by atoms with Gasteiger partial charge in [0, 0.05) is 19.6 Å². The Labute approximate surface area is 112 Å². The molecule has 1 atom stereocenters. The zero-order valence-corrected chi connectivity index (χ0v) is 11.4. The van der Waals surface area contributed by atoms with E-state index < -0.39 is 11.6 Å². The molecule has 2 rings (SSSR count). The number of anilines is 1. The summed E-state index contributed by atoms with van der Waals surface area (Å²) >= 11 is 0. The monoisotopic (exact) mass is 270 g/mol. The highest BCUT2D eigenvalue weighted by molar-refractivity contribution is 5.51. The number of nitrogens with one attached hydrogen (secondary N) is 1. The number of hydrogen-bond donors (Lipinski definition) is 1. The fourth-order valence-corrected chi connectivity index (χ4v) is 2.31. The Balaban J connectivity index is 2.20. The summed E-state index contributed by atoms with van der Waals surface area (Å²) in [5.74, 6) is -0.996. The molecule has 0 radical (unpaired) electrons. The lowest BCUT2D eigenvalue weighted by Gasteiger charge is -2.33. The van der Waals surface area contributed by atoms with Crippen molar-refractivity contribution in [1.82, 2.24) is 5.32 Å².